The van der Waals surface area contributed by atoms with E-state index in [4.69, 9.17) is 4.74 Å². The minimum Gasteiger partial charge on any atom is -0.358 e. The third-order valence-electron chi connectivity index (χ3n) is 4.50. The number of benzene rings is 2. The van der Waals surface area contributed by atoms with E-state index in [-0.39, 0.29) is 17.5 Å². The average molecular weight is 294 g/mol. The van der Waals surface area contributed by atoms with Crippen LogP contribution in [0.2, 0.25) is 0 Å². The van der Waals surface area contributed by atoms with Crippen molar-refractivity contribution in [2.24, 2.45) is 0 Å². The standard InChI is InChI=1S/C20H22O2/c1-16(21)19-20(22-19,14-12-17-8-4-2-5-9-17)15-13-18-10-6-3-7-11-18/h2-11,19H,12-15H2,1H3/t19-/m1/s1. The number of epoxide rings is 1. The summed E-state index contributed by atoms with van der Waals surface area (Å²) in [6, 6.07) is 20.8. The largest absolute Gasteiger partial charge is 0.358 e. The fraction of sp³-hybridized carbons (Fsp3) is 0.350. The lowest BCUT2D eigenvalue weighted by Crippen LogP contribution is -2.21. The number of aryl methyl sites for hydroxylation is 2. The maximum atomic E-state index is 11.7. The zero-order valence-electron chi connectivity index (χ0n) is 13.0. The second-order valence-corrected chi connectivity index (χ2v) is 6.14. The highest BCUT2D eigenvalue weighted by Gasteiger charge is 2.57. The molecule has 0 bridgehead atoms. The third-order valence-corrected chi connectivity index (χ3v) is 4.50. The Labute approximate surface area is 132 Å². The van der Waals surface area contributed by atoms with Gasteiger partial charge in [0, 0.05) is 0 Å². The van der Waals surface area contributed by atoms with E-state index in [1.165, 1.54) is 11.1 Å². The molecule has 2 heteroatoms. The molecule has 2 aromatic carbocycles. The van der Waals surface area contributed by atoms with Crippen LogP contribution >= 0.6 is 0 Å². The van der Waals surface area contributed by atoms with Crippen LogP contribution in [-0.4, -0.2) is 17.5 Å². The molecule has 1 aliphatic rings. The van der Waals surface area contributed by atoms with E-state index in [0.29, 0.717) is 0 Å². The van der Waals surface area contributed by atoms with Gasteiger partial charge in [-0.05, 0) is 43.7 Å². The topological polar surface area (TPSA) is 29.6 Å². The number of Topliss-reactive ketones (excluding diaryl/α,β-unsaturated/α-hetero) is 1. The van der Waals surface area contributed by atoms with Crippen molar-refractivity contribution in [3.8, 4) is 0 Å². The lowest BCUT2D eigenvalue weighted by molar-refractivity contribution is -0.118. The molecule has 1 saturated heterocycles. The fourth-order valence-electron chi connectivity index (χ4n) is 3.16. The summed E-state index contributed by atoms with van der Waals surface area (Å²) in [6.45, 7) is 1.64. The molecule has 114 valence electrons. The molecule has 0 aliphatic carbocycles. The number of hydrogen-bond acceptors (Lipinski definition) is 2. The van der Waals surface area contributed by atoms with E-state index in [1.54, 1.807) is 6.92 Å². The SMILES string of the molecule is CC(=O)[C@H]1OC1(CCc1ccccc1)CCc1ccccc1. The molecular formula is C20H22O2. The summed E-state index contributed by atoms with van der Waals surface area (Å²) in [5.41, 5.74) is 2.36. The van der Waals surface area contributed by atoms with Gasteiger partial charge in [-0.15, -0.1) is 0 Å². The second-order valence-electron chi connectivity index (χ2n) is 6.14. The summed E-state index contributed by atoms with van der Waals surface area (Å²) in [4.78, 5) is 11.7. The summed E-state index contributed by atoms with van der Waals surface area (Å²) in [5, 5.41) is 0. The van der Waals surface area contributed by atoms with Gasteiger partial charge in [-0.1, -0.05) is 60.7 Å². The smallest absolute Gasteiger partial charge is 0.161 e. The summed E-state index contributed by atoms with van der Waals surface area (Å²) >= 11 is 0. The average Bonchev–Trinajstić information content (AvgIpc) is 3.29. The Bertz CT molecular complexity index is 575. The second kappa shape index (κ2) is 6.45. The van der Waals surface area contributed by atoms with Crippen LogP contribution in [0.4, 0.5) is 0 Å². The number of rotatable bonds is 7. The number of hydrogen-bond donors (Lipinski definition) is 0. The Balaban J connectivity index is 1.63. The highest BCUT2D eigenvalue weighted by Crippen LogP contribution is 2.45. The van der Waals surface area contributed by atoms with E-state index < -0.39 is 0 Å². The number of carbonyl (C=O) groups is 1. The molecule has 0 aromatic heterocycles. The maximum Gasteiger partial charge on any atom is 0.161 e. The molecule has 1 aliphatic heterocycles. The molecular weight excluding hydrogens is 272 g/mol. The molecule has 0 amide bonds. The molecule has 1 atom stereocenters. The molecule has 0 saturated carbocycles. The van der Waals surface area contributed by atoms with Gasteiger partial charge in [0.05, 0.1) is 0 Å². The van der Waals surface area contributed by atoms with Crippen molar-refractivity contribution >= 4 is 5.78 Å². The van der Waals surface area contributed by atoms with Crippen molar-refractivity contribution in [2.75, 3.05) is 0 Å². The lowest BCUT2D eigenvalue weighted by atomic mass is 9.89. The van der Waals surface area contributed by atoms with Gasteiger partial charge in [0.15, 0.2) is 5.78 Å². The first-order valence-corrected chi connectivity index (χ1v) is 7.96. The van der Waals surface area contributed by atoms with Gasteiger partial charge in [-0.25, -0.2) is 0 Å². The normalized spacial score (nSPS) is 18.9. The van der Waals surface area contributed by atoms with Crippen LogP contribution in [0.5, 0.6) is 0 Å². The van der Waals surface area contributed by atoms with Gasteiger partial charge in [0.1, 0.15) is 11.7 Å². The van der Waals surface area contributed by atoms with Crippen LogP contribution in [0.1, 0.15) is 30.9 Å². The van der Waals surface area contributed by atoms with Crippen LogP contribution in [0.3, 0.4) is 0 Å². The predicted octanol–water partition coefficient (Wildman–Crippen LogP) is 3.98. The predicted molar refractivity (Wildman–Crippen MR) is 87.8 cm³/mol. The summed E-state index contributed by atoms with van der Waals surface area (Å²) < 4.78 is 5.86. The molecule has 22 heavy (non-hydrogen) atoms. The molecule has 1 heterocycles. The Kier molecular flexibility index (Phi) is 4.39. The van der Waals surface area contributed by atoms with Crippen molar-refractivity contribution in [2.45, 2.75) is 44.3 Å². The highest BCUT2D eigenvalue weighted by molar-refractivity contribution is 5.84. The number of carbonyl (C=O) groups excluding carboxylic acids is 1. The fourth-order valence-corrected chi connectivity index (χ4v) is 3.16. The van der Waals surface area contributed by atoms with Gasteiger partial charge >= 0.3 is 0 Å². The number of ether oxygens (including phenoxy) is 1. The van der Waals surface area contributed by atoms with Crippen molar-refractivity contribution < 1.29 is 9.53 Å². The zero-order valence-corrected chi connectivity index (χ0v) is 13.0. The molecule has 0 unspecified atom stereocenters. The first kappa shape index (κ1) is 15.0. The first-order chi connectivity index (χ1) is 10.7. The summed E-state index contributed by atoms with van der Waals surface area (Å²) in [6.07, 6.45) is 3.53. The number of ketones is 1. The van der Waals surface area contributed by atoms with Crippen LogP contribution < -0.4 is 0 Å². The van der Waals surface area contributed by atoms with Crippen LogP contribution in [-0.2, 0) is 22.4 Å². The van der Waals surface area contributed by atoms with Gasteiger partial charge in [-0.3, -0.25) is 4.79 Å². The van der Waals surface area contributed by atoms with Crippen molar-refractivity contribution in [1.29, 1.82) is 0 Å². The van der Waals surface area contributed by atoms with Gasteiger partial charge in [0.25, 0.3) is 0 Å². The lowest BCUT2D eigenvalue weighted by Gasteiger charge is -2.13. The van der Waals surface area contributed by atoms with Crippen LogP contribution in [0, 0.1) is 0 Å². The zero-order chi connectivity index (χ0) is 15.4. The molecule has 0 N–H and O–H groups in total. The quantitative estimate of drug-likeness (QED) is 0.723. The molecule has 2 nitrogen and oxygen atoms in total. The van der Waals surface area contributed by atoms with E-state index in [2.05, 4.69) is 48.5 Å². The van der Waals surface area contributed by atoms with Gasteiger partial charge in [-0.2, -0.15) is 0 Å². The van der Waals surface area contributed by atoms with Crippen molar-refractivity contribution in [3.63, 3.8) is 0 Å². The van der Waals surface area contributed by atoms with Crippen molar-refractivity contribution in [1.82, 2.24) is 0 Å². The maximum absolute atomic E-state index is 11.7. The van der Waals surface area contributed by atoms with Gasteiger partial charge < -0.3 is 4.74 Å². The minimum atomic E-state index is -0.252. The van der Waals surface area contributed by atoms with Crippen LogP contribution in [0.25, 0.3) is 0 Å². The van der Waals surface area contributed by atoms with E-state index >= 15 is 0 Å². The monoisotopic (exact) mass is 294 g/mol. The molecule has 0 spiro atoms. The van der Waals surface area contributed by atoms with E-state index in [0.717, 1.165) is 25.7 Å². The summed E-state index contributed by atoms with van der Waals surface area (Å²) in [5.74, 6) is 0.154. The van der Waals surface area contributed by atoms with E-state index in [1.807, 2.05) is 12.1 Å². The van der Waals surface area contributed by atoms with Gasteiger partial charge in [0.2, 0.25) is 0 Å². The summed E-state index contributed by atoms with van der Waals surface area (Å²) in [7, 11) is 0. The minimum absolute atomic E-state index is 0.154. The Morgan fingerprint density at radius 1 is 0.909 bits per heavy atom. The third kappa shape index (κ3) is 3.45. The molecule has 1 fully saturated rings. The Morgan fingerprint density at radius 3 is 1.73 bits per heavy atom. The molecule has 2 aromatic rings. The molecule has 3 rings (SSSR count). The first-order valence-electron chi connectivity index (χ1n) is 7.96. The van der Waals surface area contributed by atoms with Crippen molar-refractivity contribution in [3.05, 3.63) is 71.8 Å². The molecule has 0 radical (unpaired) electrons. The Morgan fingerprint density at radius 2 is 1.36 bits per heavy atom. The Hall–Kier alpha value is -1.93. The van der Waals surface area contributed by atoms with E-state index in [9.17, 15) is 4.79 Å². The highest BCUT2D eigenvalue weighted by atomic mass is 16.6. The van der Waals surface area contributed by atoms with Crippen LogP contribution in [0.15, 0.2) is 60.7 Å².